The Balaban J connectivity index is 1.17. The van der Waals surface area contributed by atoms with E-state index in [1.165, 1.54) is 41.8 Å². The van der Waals surface area contributed by atoms with Crippen LogP contribution in [0.3, 0.4) is 0 Å². The van der Waals surface area contributed by atoms with Crippen molar-refractivity contribution >= 4 is 11.8 Å². The lowest BCUT2D eigenvalue weighted by Gasteiger charge is -2.35. The number of carbonyl (C=O) groups excluding carboxylic acids is 2. The predicted molar refractivity (Wildman–Crippen MR) is 112 cm³/mol. The molecule has 0 aromatic heterocycles. The molecule has 0 spiro atoms. The molecule has 158 valence electrons. The van der Waals surface area contributed by atoms with E-state index in [-0.39, 0.29) is 17.6 Å². The minimum absolute atomic E-state index is 0.0986. The van der Waals surface area contributed by atoms with Crippen LogP contribution in [0.25, 0.3) is 0 Å². The Hall–Kier alpha value is -2.89. The molecule has 0 N–H and O–H groups in total. The quantitative estimate of drug-likeness (QED) is 0.686. The molecule has 0 saturated carbocycles. The molecular weight excluding hydrogens is 383 g/mol. The van der Waals surface area contributed by atoms with Gasteiger partial charge in [-0.05, 0) is 73.2 Å². The monoisotopic (exact) mass is 410 g/mol. The summed E-state index contributed by atoms with van der Waals surface area (Å²) >= 11 is 0. The lowest BCUT2D eigenvalue weighted by atomic mass is 10.1. The van der Waals surface area contributed by atoms with Crippen molar-refractivity contribution in [2.75, 3.05) is 32.8 Å². The molecule has 1 heterocycles. The number of fused-ring (bicyclic) bond motifs is 1. The van der Waals surface area contributed by atoms with Crippen LogP contribution >= 0.6 is 0 Å². The van der Waals surface area contributed by atoms with Gasteiger partial charge in [0.1, 0.15) is 11.6 Å². The van der Waals surface area contributed by atoms with Crippen molar-refractivity contribution in [3.8, 4) is 5.75 Å². The second-order valence-corrected chi connectivity index (χ2v) is 7.92. The zero-order valence-electron chi connectivity index (χ0n) is 17.1. The SMILES string of the molecule is O=C(CCCOc1ccc2c(c1)CCC2)N1CCN(C(=O)c2ccc(F)cc2)CC1. The van der Waals surface area contributed by atoms with Crippen LogP contribution in [0, 0.1) is 5.82 Å². The topological polar surface area (TPSA) is 49.9 Å². The lowest BCUT2D eigenvalue weighted by molar-refractivity contribution is -0.132. The van der Waals surface area contributed by atoms with E-state index in [0.717, 1.165) is 18.6 Å². The summed E-state index contributed by atoms with van der Waals surface area (Å²) in [7, 11) is 0. The highest BCUT2D eigenvalue weighted by molar-refractivity contribution is 5.94. The van der Waals surface area contributed by atoms with Gasteiger partial charge in [0.15, 0.2) is 0 Å². The van der Waals surface area contributed by atoms with E-state index in [1.54, 1.807) is 4.90 Å². The van der Waals surface area contributed by atoms with Crippen molar-refractivity contribution in [3.63, 3.8) is 0 Å². The van der Waals surface area contributed by atoms with Crippen LogP contribution in [0.2, 0.25) is 0 Å². The molecule has 2 aromatic carbocycles. The van der Waals surface area contributed by atoms with Gasteiger partial charge in [0.2, 0.25) is 5.91 Å². The van der Waals surface area contributed by atoms with E-state index in [4.69, 9.17) is 4.74 Å². The fourth-order valence-electron chi connectivity index (χ4n) is 4.14. The Labute approximate surface area is 176 Å². The number of piperazine rings is 1. The average molecular weight is 410 g/mol. The highest BCUT2D eigenvalue weighted by Crippen LogP contribution is 2.26. The molecular formula is C24H27FN2O3. The molecule has 2 aromatic rings. The summed E-state index contributed by atoms with van der Waals surface area (Å²) in [6.07, 6.45) is 4.62. The summed E-state index contributed by atoms with van der Waals surface area (Å²) in [5.41, 5.74) is 3.28. The Morgan fingerprint density at radius 1 is 0.900 bits per heavy atom. The number of rotatable bonds is 6. The van der Waals surface area contributed by atoms with E-state index in [0.29, 0.717) is 51.2 Å². The van der Waals surface area contributed by atoms with Crippen LogP contribution in [-0.2, 0) is 17.6 Å². The Kier molecular flexibility index (Phi) is 6.31. The summed E-state index contributed by atoms with van der Waals surface area (Å²) in [4.78, 5) is 28.5. The highest BCUT2D eigenvalue weighted by atomic mass is 19.1. The molecule has 4 rings (SSSR count). The first-order chi connectivity index (χ1) is 14.6. The van der Waals surface area contributed by atoms with Gasteiger partial charge in [-0.2, -0.15) is 0 Å². The molecule has 1 fully saturated rings. The number of nitrogens with zero attached hydrogens (tertiary/aromatic N) is 2. The fourth-order valence-corrected chi connectivity index (χ4v) is 4.14. The number of aryl methyl sites for hydroxylation is 2. The summed E-state index contributed by atoms with van der Waals surface area (Å²) in [5, 5.41) is 0. The van der Waals surface area contributed by atoms with Gasteiger partial charge in [-0.3, -0.25) is 9.59 Å². The maximum Gasteiger partial charge on any atom is 0.253 e. The summed E-state index contributed by atoms with van der Waals surface area (Å²) in [5.74, 6) is 0.504. The molecule has 0 bridgehead atoms. The van der Waals surface area contributed by atoms with Gasteiger partial charge in [-0.25, -0.2) is 4.39 Å². The van der Waals surface area contributed by atoms with Crippen LogP contribution in [0.4, 0.5) is 4.39 Å². The molecule has 6 heteroatoms. The van der Waals surface area contributed by atoms with Gasteiger partial charge in [-0.1, -0.05) is 6.07 Å². The maximum atomic E-state index is 13.0. The third-order valence-corrected chi connectivity index (χ3v) is 5.88. The second kappa shape index (κ2) is 9.28. The zero-order valence-corrected chi connectivity index (χ0v) is 17.1. The van der Waals surface area contributed by atoms with Crippen LogP contribution in [0.5, 0.6) is 5.75 Å². The van der Waals surface area contributed by atoms with E-state index in [2.05, 4.69) is 12.1 Å². The van der Waals surface area contributed by atoms with E-state index in [1.807, 2.05) is 11.0 Å². The van der Waals surface area contributed by atoms with Crippen LogP contribution in [-0.4, -0.2) is 54.4 Å². The molecule has 30 heavy (non-hydrogen) atoms. The number of halogens is 1. The smallest absolute Gasteiger partial charge is 0.253 e. The summed E-state index contributed by atoms with van der Waals surface area (Å²) in [6.45, 7) is 2.56. The number of hydrogen-bond acceptors (Lipinski definition) is 3. The van der Waals surface area contributed by atoms with Crippen molar-refractivity contribution in [1.29, 1.82) is 0 Å². The van der Waals surface area contributed by atoms with Crippen molar-refractivity contribution in [3.05, 3.63) is 65.0 Å². The minimum Gasteiger partial charge on any atom is -0.494 e. The molecule has 1 aliphatic carbocycles. The van der Waals surface area contributed by atoms with Gasteiger partial charge >= 0.3 is 0 Å². The van der Waals surface area contributed by atoms with E-state index >= 15 is 0 Å². The van der Waals surface area contributed by atoms with Crippen LogP contribution in [0.1, 0.15) is 40.7 Å². The number of amides is 2. The normalized spacial score (nSPS) is 15.8. The van der Waals surface area contributed by atoms with Crippen LogP contribution < -0.4 is 4.74 Å². The van der Waals surface area contributed by atoms with Gasteiger partial charge in [-0.15, -0.1) is 0 Å². The molecule has 0 radical (unpaired) electrons. The first kappa shape index (κ1) is 20.4. The van der Waals surface area contributed by atoms with Gasteiger partial charge < -0.3 is 14.5 Å². The third kappa shape index (κ3) is 4.81. The predicted octanol–water partition coefficient (Wildman–Crippen LogP) is 3.46. The van der Waals surface area contributed by atoms with Crippen molar-refractivity contribution in [2.45, 2.75) is 32.1 Å². The van der Waals surface area contributed by atoms with E-state index in [9.17, 15) is 14.0 Å². The fraction of sp³-hybridized carbons (Fsp3) is 0.417. The number of ether oxygens (including phenoxy) is 1. The minimum atomic E-state index is -0.359. The number of benzene rings is 2. The summed E-state index contributed by atoms with van der Waals surface area (Å²) in [6, 6.07) is 11.9. The van der Waals surface area contributed by atoms with E-state index < -0.39 is 0 Å². The lowest BCUT2D eigenvalue weighted by Crippen LogP contribution is -2.50. The molecule has 0 unspecified atom stereocenters. The summed E-state index contributed by atoms with van der Waals surface area (Å²) < 4.78 is 18.9. The van der Waals surface area contributed by atoms with Crippen molar-refractivity contribution in [1.82, 2.24) is 9.80 Å². The largest absolute Gasteiger partial charge is 0.494 e. The Bertz CT molecular complexity index is 905. The first-order valence-electron chi connectivity index (χ1n) is 10.7. The molecule has 1 saturated heterocycles. The standard InChI is InChI=1S/C24H27FN2O3/c25-21-9-6-19(7-10-21)24(29)27-14-12-26(13-15-27)23(28)5-2-16-30-22-11-8-18-3-1-4-20(18)17-22/h6-11,17H,1-5,12-16H2. The molecule has 2 amide bonds. The zero-order chi connectivity index (χ0) is 20.9. The van der Waals surface area contributed by atoms with Crippen LogP contribution in [0.15, 0.2) is 42.5 Å². The molecule has 5 nitrogen and oxygen atoms in total. The average Bonchev–Trinajstić information content (AvgIpc) is 3.25. The second-order valence-electron chi connectivity index (χ2n) is 7.92. The Morgan fingerprint density at radius 2 is 1.60 bits per heavy atom. The van der Waals surface area contributed by atoms with Gasteiger partial charge in [0, 0.05) is 38.2 Å². The maximum absolute atomic E-state index is 13.0. The van der Waals surface area contributed by atoms with Gasteiger partial charge in [0.25, 0.3) is 5.91 Å². The highest BCUT2D eigenvalue weighted by Gasteiger charge is 2.24. The molecule has 2 aliphatic rings. The van der Waals surface area contributed by atoms with Crippen molar-refractivity contribution < 1.29 is 18.7 Å². The number of hydrogen-bond donors (Lipinski definition) is 0. The Morgan fingerprint density at radius 3 is 2.37 bits per heavy atom. The van der Waals surface area contributed by atoms with Crippen molar-refractivity contribution in [2.24, 2.45) is 0 Å². The molecule has 0 atom stereocenters. The third-order valence-electron chi connectivity index (χ3n) is 5.88. The number of carbonyl (C=O) groups is 2. The first-order valence-corrected chi connectivity index (χ1v) is 10.7. The molecule has 1 aliphatic heterocycles. The van der Waals surface area contributed by atoms with Gasteiger partial charge in [0.05, 0.1) is 6.61 Å².